The first kappa shape index (κ1) is 23.1. The number of benzene rings is 2. The maximum absolute atomic E-state index is 13.1. The number of hydrogen-bond donors (Lipinski definition) is 1. The fraction of sp³-hybridized carbons (Fsp3) is 0.333. The first-order valence-corrected chi connectivity index (χ1v) is 11.5. The number of halogens is 1. The monoisotopic (exact) mass is 446 g/mol. The fourth-order valence-corrected chi connectivity index (χ4v) is 4.47. The summed E-state index contributed by atoms with van der Waals surface area (Å²) in [5.41, 5.74) is 11.4. The zero-order valence-electron chi connectivity index (χ0n) is 19.1. The number of carbonyl (C=O) groups is 1. The number of rotatable bonds is 8. The Labute approximate surface area is 195 Å². The average Bonchev–Trinajstić information content (AvgIpc) is 2.83. The third kappa shape index (κ3) is 6.03. The van der Waals surface area contributed by atoms with Crippen LogP contribution in [0.25, 0.3) is 11.3 Å². The third-order valence-electron chi connectivity index (χ3n) is 6.50. The molecule has 1 unspecified atom stereocenters. The molecule has 1 fully saturated rings. The zero-order chi connectivity index (χ0) is 23.2. The van der Waals surface area contributed by atoms with Crippen molar-refractivity contribution in [3.63, 3.8) is 0 Å². The molecule has 0 radical (unpaired) electrons. The quantitative estimate of drug-likeness (QED) is 0.534. The number of piperazine rings is 1. The number of nitrogen functional groups attached to an aromatic ring is 1. The molecule has 2 heterocycles. The van der Waals surface area contributed by atoms with Crippen molar-refractivity contribution in [3.8, 4) is 11.3 Å². The van der Waals surface area contributed by atoms with Crippen LogP contribution in [0, 0.1) is 12.7 Å². The van der Waals surface area contributed by atoms with Crippen LogP contribution in [-0.2, 0) is 17.6 Å². The number of nitrogens with zero attached hydrogens (tertiary/aromatic N) is 3. The molecule has 0 amide bonds. The second-order valence-corrected chi connectivity index (χ2v) is 8.75. The van der Waals surface area contributed by atoms with E-state index in [1.807, 2.05) is 12.1 Å². The molecular weight excluding hydrogens is 415 g/mol. The van der Waals surface area contributed by atoms with Crippen LogP contribution in [-0.4, -0.2) is 59.8 Å². The molecule has 2 aromatic carbocycles. The second kappa shape index (κ2) is 10.7. The van der Waals surface area contributed by atoms with E-state index in [0.717, 1.165) is 62.3 Å². The maximum atomic E-state index is 13.1. The van der Waals surface area contributed by atoms with Gasteiger partial charge >= 0.3 is 0 Å². The van der Waals surface area contributed by atoms with Gasteiger partial charge in [0, 0.05) is 38.3 Å². The lowest BCUT2D eigenvalue weighted by Crippen LogP contribution is -2.51. The number of carbonyl (C=O) groups excluding carboxylic acids is 1. The number of aryl methyl sites for hydroxylation is 1. The highest BCUT2D eigenvalue weighted by Crippen LogP contribution is 2.22. The number of hydrogen-bond acceptors (Lipinski definition) is 5. The summed E-state index contributed by atoms with van der Waals surface area (Å²) in [4.78, 5) is 20.8. The van der Waals surface area contributed by atoms with Crippen LogP contribution in [0.2, 0.25) is 0 Å². The van der Waals surface area contributed by atoms with Crippen molar-refractivity contribution in [3.05, 3.63) is 83.2 Å². The van der Waals surface area contributed by atoms with Gasteiger partial charge in [0.15, 0.2) is 0 Å². The van der Waals surface area contributed by atoms with Crippen molar-refractivity contribution in [2.75, 3.05) is 38.5 Å². The van der Waals surface area contributed by atoms with E-state index < -0.39 is 0 Å². The van der Waals surface area contributed by atoms with E-state index in [4.69, 9.17) is 5.73 Å². The van der Waals surface area contributed by atoms with Gasteiger partial charge in [-0.1, -0.05) is 30.3 Å². The summed E-state index contributed by atoms with van der Waals surface area (Å²) < 4.78 is 13.1. The molecule has 4 rings (SSSR count). The van der Waals surface area contributed by atoms with Gasteiger partial charge in [-0.05, 0) is 66.8 Å². The van der Waals surface area contributed by atoms with E-state index in [1.165, 1.54) is 23.3 Å². The van der Waals surface area contributed by atoms with Crippen molar-refractivity contribution >= 4 is 12.1 Å². The van der Waals surface area contributed by atoms with Gasteiger partial charge in [0.1, 0.15) is 17.9 Å². The number of aromatic nitrogens is 1. The summed E-state index contributed by atoms with van der Waals surface area (Å²) >= 11 is 0. The zero-order valence-corrected chi connectivity index (χ0v) is 19.1. The molecule has 5 nitrogen and oxygen atoms in total. The van der Waals surface area contributed by atoms with Gasteiger partial charge in [-0.2, -0.15) is 0 Å². The molecule has 0 bridgehead atoms. The Morgan fingerprint density at radius 3 is 2.48 bits per heavy atom. The molecule has 0 saturated carbocycles. The summed E-state index contributed by atoms with van der Waals surface area (Å²) in [7, 11) is 0. The highest BCUT2D eigenvalue weighted by molar-refractivity contribution is 5.62. The van der Waals surface area contributed by atoms with Crippen LogP contribution in [0.3, 0.4) is 0 Å². The molecule has 6 heteroatoms. The molecule has 0 aliphatic carbocycles. The molecule has 172 valence electrons. The number of pyridine rings is 1. The highest BCUT2D eigenvalue weighted by Gasteiger charge is 2.23. The van der Waals surface area contributed by atoms with Crippen LogP contribution < -0.4 is 5.73 Å². The minimum Gasteiger partial charge on any atom is -0.384 e. The Kier molecular flexibility index (Phi) is 7.47. The first-order valence-electron chi connectivity index (χ1n) is 11.5. The fourth-order valence-electron chi connectivity index (χ4n) is 4.47. The minimum absolute atomic E-state index is 0.159. The van der Waals surface area contributed by atoms with E-state index in [2.05, 4.69) is 39.9 Å². The lowest BCUT2D eigenvalue weighted by molar-refractivity contribution is -0.113. The molecule has 1 aromatic heterocycles. The molecule has 1 atom stereocenters. The molecule has 1 aliphatic rings. The van der Waals surface area contributed by atoms with Crippen LogP contribution in [0.15, 0.2) is 60.7 Å². The molecule has 1 saturated heterocycles. The summed E-state index contributed by atoms with van der Waals surface area (Å²) in [5, 5.41) is 0. The molecule has 3 aromatic rings. The van der Waals surface area contributed by atoms with E-state index in [9.17, 15) is 9.18 Å². The maximum Gasteiger partial charge on any atom is 0.137 e. The van der Waals surface area contributed by atoms with Gasteiger partial charge in [0.2, 0.25) is 0 Å². The van der Waals surface area contributed by atoms with Gasteiger partial charge in [0.25, 0.3) is 0 Å². The van der Waals surface area contributed by atoms with Crippen LogP contribution in [0.5, 0.6) is 0 Å². The third-order valence-corrected chi connectivity index (χ3v) is 6.50. The molecule has 1 aliphatic heterocycles. The SMILES string of the molecule is Cc1cc(-c2cccc(N)n2)ccc1CCN1CCN(C(C=O)Cc2ccc(F)cc2)CC1. The molecular formula is C27H31FN4O. The van der Waals surface area contributed by atoms with Crippen molar-refractivity contribution in [2.24, 2.45) is 0 Å². The minimum atomic E-state index is -0.249. The normalized spacial score (nSPS) is 15.9. The van der Waals surface area contributed by atoms with Gasteiger partial charge < -0.3 is 15.4 Å². The van der Waals surface area contributed by atoms with Gasteiger partial charge in [-0.3, -0.25) is 4.90 Å². The highest BCUT2D eigenvalue weighted by atomic mass is 19.1. The summed E-state index contributed by atoms with van der Waals surface area (Å²) in [5.74, 6) is 0.282. The van der Waals surface area contributed by atoms with Gasteiger partial charge in [-0.15, -0.1) is 0 Å². The number of aldehydes is 1. The van der Waals surface area contributed by atoms with Gasteiger partial charge in [-0.25, -0.2) is 9.37 Å². The van der Waals surface area contributed by atoms with Crippen LogP contribution in [0.4, 0.5) is 10.2 Å². The summed E-state index contributed by atoms with van der Waals surface area (Å²) in [6, 6.07) is 18.5. The number of nitrogens with two attached hydrogens (primary N) is 1. The van der Waals surface area contributed by atoms with Crippen molar-refractivity contribution in [1.82, 2.24) is 14.8 Å². The second-order valence-electron chi connectivity index (χ2n) is 8.75. The molecule has 0 spiro atoms. The summed E-state index contributed by atoms with van der Waals surface area (Å²) in [6.45, 7) is 6.75. The topological polar surface area (TPSA) is 62.5 Å². The van der Waals surface area contributed by atoms with E-state index in [0.29, 0.717) is 12.2 Å². The van der Waals surface area contributed by atoms with Crippen molar-refractivity contribution in [1.29, 1.82) is 0 Å². The lowest BCUT2D eigenvalue weighted by atomic mass is 10.0. The first-order chi connectivity index (χ1) is 16.0. The predicted octanol–water partition coefficient (Wildman–Crippen LogP) is 3.75. The van der Waals surface area contributed by atoms with Crippen molar-refractivity contribution in [2.45, 2.75) is 25.8 Å². The largest absolute Gasteiger partial charge is 0.384 e. The standard InChI is InChI=1S/C27H31FN4O/c1-20-17-23(26-3-2-4-27(29)30-26)8-7-22(20)11-12-31-13-15-32(16-14-31)25(19-33)18-21-5-9-24(28)10-6-21/h2-10,17,19,25H,11-16,18H2,1H3,(H2,29,30). The molecule has 33 heavy (non-hydrogen) atoms. The predicted molar refractivity (Wildman–Crippen MR) is 130 cm³/mol. The average molecular weight is 447 g/mol. The Hall–Kier alpha value is -3.09. The number of anilines is 1. The summed E-state index contributed by atoms with van der Waals surface area (Å²) in [6.07, 6.45) is 2.64. The van der Waals surface area contributed by atoms with Crippen molar-refractivity contribution < 1.29 is 9.18 Å². The smallest absolute Gasteiger partial charge is 0.137 e. The van der Waals surface area contributed by atoms with Gasteiger partial charge in [0.05, 0.1) is 11.7 Å². The van der Waals surface area contributed by atoms with E-state index in [-0.39, 0.29) is 11.9 Å². The Morgan fingerprint density at radius 1 is 1.06 bits per heavy atom. The lowest BCUT2D eigenvalue weighted by Gasteiger charge is -2.37. The Bertz CT molecular complexity index is 1080. The van der Waals surface area contributed by atoms with Crippen LogP contribution >= 0.6 is 0 Å². The Balaban J connectivity index is 1.28. The van der Waals surface area contributed by atoms with Crippen LogP contribution in [0.1, 0.15) is 16.7 Å². The van der Waals surface area contributed by atoms with E-state index >= 15 is 0 Å². The van der Waals surface area contributed by atoms with E-state index in [1.54, 1.807) is 18.2 Å². The Morgan fingerprint density at radius 2 is 1.82 bits per heavy atom. The molecule has 2 N–H and O–H groups in total.